The first-order valence-electron chi connectivity index (χ1n) is 8.10. The van der Waals surface area contributed by atoms with E-state index in [9.17, 15) is 14.4 Å². The minimum Gasteiger partial charge on any atom is -0.468 e. The number of carbonyl (C=O) groups is 3. The molecule has 8 nitrogen and oxygen atoms in total. The van der Waals surface area contributed by atoms with Gasteiger partial charge in [-0.25, -0.2) is 0 Å². The van der Waals surface area contributed by atoms with E-state index in [1.54, 1.807) is 24.3 Å². The molecule has 9 heteroatoms. The molecule has 0 aromatic heterocycles. The van der Waals surface area contributed by atoms with E-state index in [1.165, 1.54) is 7.11 Å². The highest BCUT2D eigenvalue weighted by molar-refractivity contribution is 5.98. The molecule has 1 aliphatic heterocycles. The number of benzene rings is 1. The fourth-order valence-corrected chi connectivity index (χ4v) is 2.55. The lowest BCUT2D eigenvalue weighted by molar-refractivity contribution is -0.139. The molecule has 0 spiro atoms. The van der Waals surface area contributed by atoms with Gasteiger partial charge in [-0.15, -0.1) is 12.4 Å². The lowest BCUT2D eigenvalue weighted by Crippen LogP contribution is -2.44. The lowest BCUT2D eigenvalue weighted by Gasteiger charge is -2.26. The van der Waals surface area contributed by atoms with Crippen LogP contribution in [0.15, 0.2) is 24.3 Å². The molecule has 0 bridgehead atoms. The van der Waals surface area contributed by atoms with E-state index < -0.39 is 17.9 Å². The molecule has 0 radical (unpaired) electrons. The summed E-state index contributed by atoms with van der Waals surface area (Å²) in [5.74, 6) is -1.08. The molecule has 0 saturated carbocycles. The van der Waals surface area contributed by atoms with Gasteiger partial charge >= 0.3 is 5.97 Å². The Morgan fingerprint density at radius 3 is 2.42 bits per heavy atom. The first kappa shape index (κ1) is 21.9. The van der Waals surface area contributed by atoms with Crippen LogP contribution in [0.2, 0.25) is 0 Å². The van der Waals surface area contributed by atoms with E-state index >= 15 is 0 Å². The smallest absolute Gasteiger partial charge is 0.325 e. The highest BCUT2D eigenvalue weighted by Gasteiger charge is 2.26. The Morgan fingerprint density at radius 1 is 1.23 bits per heavy atom. The number of amides is 2. The Morgan fingerprint density at radius 2 is 1.85 bits per heavy atom. The summed E-state index contributed by atoms with van der Waals surface area (Å²) in [6, 6.07) is 5.75. The largest absolute Gasteiger partial charge is 0.468 e. The maximum Gasteiger partial charge on any atom is 0.325 e. The minimum absolute atomic E-state index is 0. The van der Waals surface area contributed by atoms with E-state index in [1.807, 2.05) is 0 Å². The minimum atomic E-state index is -0.591. The van der Waals surface area contributed by atoms with E-state index in [0.29, 0.717) is 24.5 Å². The predicted molar refractivity (Wildman–Crippen MR) is 98.2 cm³/mol. The number of nitrogens with two attached hydrogens (primary N) is 1. The van der Waals surface area contributed by atoms with Crippen molar-refractivity contribution in [3.8, 4) is 0 Å². The number of hydrogen-bond acceptors (Lipinski definition) is 6. The molecule has 1 fully saturated rings. The van der Waals surface area contributed by atoms with Crippen LogP contribution in [0.1, 0.15) is 23.2 Å². The summed E-state index contributed by atoms with van der Waals surface area (Å²) in [4.78, 5) is 35.1. The molecule has 26 heavy (non-hydrogen) atoms. The standard InChI is InChI=1S/C17H23N3O5.ClH/c1-24-14(21)10-19-16(22)12-2-4-13(5-3-12)20-17(23)15(18)11-6-8-25-9-7-11;/h2-5,11,15H,6-10,18H2,1H3,(H,19,22)(H,20,23);1H. The van der Waals surface area contributed by atoms with Gasteiger partial charge in [-0.2, -0.15) is 0 Å². The summed E-state index contributed by atoms with van der Waals surface area (Å²) < 4.78 is 9.72. The van der Waals surface area contributed by atoms with Crippen molar-refractivity contribution in [2.45, 2.75) is 18.9 Å². The monoisotopic (exact) mass is 385 g/mol. The zero-order chi connectivity index (χ0) is 18.2. The maximum absolute atomic E-state index is 12.2. The molecule has 4 N–H and O–H groups in total. The van der Waals surface area contributed by atoms with Crippen LogP contribution in [0.3, 0.4) is 0 Å². The number of methoxy groups -OCH3 is 1. The van der Waals surface area contributed by atoms with Gasteiger partial charge in [0.1, 0.15) is 6.54 Å². The summed E-state index contributed by atoms with van der Waals surface area (Å²) in [6.07, 6.45) is 1.54. The van der Waals surface area contributed by atoms with Gasteiger partial charge in [0.25, 0.3) is 5.91 Å². The van der Waals surface area contributed by atoms with Crippen molar-refractivity contribution >= 4 is 35.9 Å². The molecule has 1 heterocycles. The molecule has 0 aliphatic carbocycles. The Labute approximate surface area is 158 Å². The van der Waals surface area contributed by atoms with Crippen molar-refractivity contribution in [2.24, 2.45) is 11.7 Å². The van der Waals surface area contributed by atoms with Crippen molar-refractivity contribution in [1.29, 1.82) is 0 Å². The Hall–Kier alpha value is -2.16. The molecular weight excluding hydrogens is 362 g/mol. The fraction of sp³-hybridized carbons (Fsp3) is 0.471. The summed E-state index contributed by atoms with van der Waals surface area (Å²) >= 11 is 0. The summed E-state index contributed by atoms with van der Waals surface area (Å²) in [6.45, 7) is 1.05. The SMILES string of the molecule is COC(=O)CNC(=O)c1ccc(NC(=O)C(N)C2CCOCC2)cc1.Cl. The Kier molecular flexibility index (Phi) is 9.04. The van der Waals surface area contributed by atoms with Crippen LogP contribution >= 0.6 is 12.4 Å². The van der Waals surface area contributed by atoms with Gasteiger partial charge in [0, 0.05) is 24.5 Å². The van der Waals surface area contributed by atoms with Crippen molar-refractivity contribution in [2.75, 3.05) is 32.2 Å². The third-order valence-corrected chi connectivity index (χ3v) is 4.11. The van der Waals surface area contributed by atoms with Gasteiger partial charge in [-0.1, -0.05) is 0 Å². The fourth-order valence-electron chi connectivity index (χ4n) is 2.55. The molecule has 2 amide bonds. The number of esters is 1. The summed E-state index contributed by atoms with van der Waals surface area (Å²) in [7, 11) is 1.25. The van der Waals surface area contributed by atoms with Crippen LogP contribution in [0, 0.1) is 5.92 Å². The van der Waals surface area contributed by atoms with Gasteiger partial charge in [0.05, 0.1) is 13.2 Å². The van der Waals surface area contributed by atoms with Gasteiger partial charge in [0.15, 0.2) is 0 Å². The highest BCUT2D eigenvalue weighted by Crippen LogP contribution is 2.19. The van der Waals surface area contributed by atoms with Crippen LogP contribution in [-0.4, -0.2) is 50.7 Å². The zero-order valence-electron chi connectivity index (χ0n) is 14.5. The average molecular weight is 386 g/mol. The number of anilines is 1. The second kappa shape index (κ2) is 10.7. The van der Waals surface area contributed by atoms with Gasteiger partial charge in [-0.05, 0) is 43.0 Å². The summed E-state index contributed by atoms with van der Waals surface area (Å²) in [5.41, 5.74) is 6.95. The number of nitrogens with one attached hydrogen (secondary N) is 2. The van der Waals surface area contributed by atoms with E-state index in [-0.39, 0.29) is 30.8 Å². The van der Waals surface area contributed by atoms with Crippen LogP contribution in [0.25, 0.3) is 0 Å². The highest BCUT2D eigenvalue weighted by atomic mass is 35.5. The molecule has 2 rings (SSSR count). The predicted octanol–water partition coefficient (Wildman–Crippen LogP) is 0.704. The number of carbonyl (C=O) groups excluding carboxylic acids is 3. The molecule has 1 aliphatic rings. The molecule has 1 atom stereocenters. The van der Waals surface area contributed by atoms with Crippen molar-refractivity contribution in [1.82, 2.24) is 5.32 Å². The summed E-state index contributed by atoms with van der Waals surface area (Å²) in [5, 5.41) is 5.19. The number of ether oxygens (including phenoxy) is 2. The molecule has 144 valence electrons. The Balaban J connectivity index is 0.00000338. The zero-order valence-corrected chi connectivity index (χ0v) is 15.3. The van der Waals surface area contributed by atoms with Crippen molar-refractivity contribution < 1.29 is 23.9 Å². The van der Waals surface area contributed by atoms with Crippen molar-refractivity contribution in [3.63, 3.8) is 0 Å². The van der Waals surface area contributed by atoms with Crippen LogP contribution < -0.4 is 16.4 Å². The molecule has 1 aromatic rings. The van der Waals surface area contributed by atoms with Crippen LogP contribution in [0.4, 0.5) is 5.69 Å². The van der Waals surface area contributed by atoms with Crippen molar-refractivity contribution in [3.05, 3.63) is 29.8 Å². The normalized spacial score (nSPS) is 15.3. The number of hydrogen-bond donors (Lipinski definition) is 3. The van der Waals surface area contributed by atoms with E-state index in [2.05, 4.69) is 15.4 Å². The van der Waals surface area contributed by atoms with Gasteiger partial charge in [-0.3, -0.25) is 14.4 Å². The topological polar surface area (TPSA) is 120 Å². The van der Waals surface area contributed by atoms with Gasteiger partial charge < -0.3 is 25.8 Å². The maximum atomic E-state index is 12.2. The second-order valence-corrected chi connectivity index (χ2v) is 5.80. The molecule has 1 aromatic carbocycles. The Bertz CT molecular complexity index is 617. The second-order valence-electron chi connectivity index (χ2n) is 5.80. The first-order chi connectivity index (χ1) is 12.0. The lowest BCUT2D eigenvalue weighted by atomic mass is 9.92. The number of rotatable bonds is 6. The molecular formula is C17H24ClN3O5. The quantitative estimate of drug-likeness (QED) is 0.620. The van der Waals surface area contributed by atoms with Crippen LogP contribution in [0.5, 0.6) is 0 Å². The van der Waals surface area contributed by atoms with E-state index in [4.69, 9.17) is 10.5 Å². The van der Waals surface area contributed by atoms with E-state index in [0.717, 1.165) is 12.8 Å². The third kappa shape index (κ3) is 6.29. The molecule has 1 unspecified atom stereocenters. The van der Waals surface area contributed by atoms with Crippen LogP contribution in [-0.2, 0) is 19.1 Å². The number of halogens is 1. The van der Waals surface area contributed by atoms with Gasteiger partial charge in [0.2, 0.25) is 5.91 Å². The molecule has 1 saturated heterocycles. The average Bonchev–Trinajstić information content (AvgIpc) is 2.66. The third-order valence-electron chi connectivity index (χ3n) is 4.11. The first-order valence-corrected chi connectivity index (χ1v) is 8.10.